The van der Waals surface area contributed by atoms with Crippen LogP contribution in [0, 0.1) is 0 Å². The van der Waals surface area contributed by atoms with E-state index in [9.17, 15) is 0 Å². The molecule has 1 heterocycles. The number of hydrazine groups is 1. The normalized spacial score (nSPS) is 10.1. The van der Waals surface area contributed by atoms with Gasteiger partial charge in [0.25, 0.3) is 0 Å². The van der Waals surface area contributed by atoms with E-state index in [4.69, 9.17) is 16.3 Å². The third kappa shape index (κ3) is 2.66. The number of nitrogens with two attached hydrogens (primary N) is 2. The number of nitrogens with zero attached hydrogens (tertiary/aromatic N) is 3. The molecule has 0 aliphatic heterocycles. The quantitative estimate of drug-likeness (QED) is 0.559. The van der Waals surface area contributed by atoms with E-state index in [1.165, 1.54) is 11.2 Å². The number of nitrogen functional groups attached to an aromatic ring is 1. The third-order valence-corrected chi connectivity index (χ3v) is 2.60. The Labute approximate surface area is 111 Å². The maximum atomic E-state index is 6.03. The molecule has 0 unspecified atom stereocenters. The van der Waals surface area contributed by atoms with Crippen molar-refractivity contribution in [1.82, 2.24) is 9.97 Å². The SMILES string of the molecule is CNc1ncc(N)c(N(N)c2ccc(OC)cc2)n1. The largest absolute Gasteiger partial charge is 0.497 e. The number of anilines is 4. The van der Waals surface area contributed by atoms with Crippen molar-refractivity contribution in [3.63, 3.8) is 0 Å². The average Bonchev–Trinajstić information content (AvgIpc) is 2.47. The van der Waals surface area contributed by atoms with Crippen molar-refractivity contribution in [3.05, 3.63) is 30.5 Å². The number of aromatic nitrogens is 2. The molecule has 100 valence electrons. The minimum atomic E-state index is 0.400. The predicted octanol–water partition coefficient (Wildman–Crippen LogP) is 1.12. The zero-order chi connectivity index (χ0) is 13.8. The van der Waals surface area contributed by atoms with Crippen molar-refractivity contribution in [2.75, 3.05) is 30.2 Å². The van der Waals surface area contributed by atoms with Crippen LogP contribution in [0.1, 0.15) is 0 Å². The van der Waals surface area contributed by atoms with Crippen molar-refractivity contribution in [1.29, 1.82) is 0 Å². The number of ether oxygens (including phenoxy) is 1. The van der Waals surface area contributed by atoms with Crippen molar-refractivity contribution >= 4 is 23.1 Å². The molecule has 2 aromatic rings. The molecule has 0 spiro atoms. The smallest absolute Gasteiger partial charge is 0.224 e. The highest BCUT2D eigenvalue weighted by Crippen LogP contribution is 2.27. The first-order chi connectivity index (χ1) is 9.15. The molecule has 0 aliphatic rings. The molecule has 0 amide bonds. The van der Waals surface area contributed by atoms with E-state index in [0.717, 1.165) is 11.4 Å². The highest BCUT2D eigenvalue weighted by molar-refractivity contribution is 5.70. The minimum absolute atomic E-state index is 0.400. The second-order valence-corrected chi connectivity index (χ2v) is 3.79. The monoisotopic (exact) mass is 260 g/mol. The van der Waals surface area contributed by atoms with E-state index in [1.54, 1.807) is 14.2 Å². The zero-order valence-electron chi connectivity index (χ0n) is 10.8. The summed E-state index contributed by atoms with van der Waals surface area (Å²) in [7, 11) is 3.33. The Kier molecular flexibility index (Phi) is 3.67. The fourth-order valence-corrected chi connectivity index (χ4v) is 1.56. The van der Waals surface area contributed by atoms with Crippen LogP contribution in [-0.4, -0.2) is 24.1 Å². The minimum Gasteiger partial charge on any atom is -0.497 e. The predicted molar refractivity (Wildman–Crippen MR) is 75.3 cm³/mol. The summed E-state index contributed by atoms with van der Waals surface area (Å²) in [4.78, 5) is 8.24. The van der Waals surface area contributed by atoms with Crippen molar-refractivity contribution in [3.8, 4) is 5.75 Å². The standard InChI is InChI=1S/C12H16N6O/c1-15-12-16-7-10(13)11(17-12)18(14)8-3-5-9(19-2)6-4-8/h3-7H,13-14H2,1-2H3,(H,15,16,17). The van der Waals surface area contributed by atoms with Crippen LogP contribution in [0.3, 0.4) is 0 Å². The molecule has 0 saturated heterocycles. The summed E-state index contributed by atoms with van der Waals surface area (Å²) >= 11 is 0. The van der Waals surface area contributed by atoms with E-state index in [0.29, 0.717) is 17.5 Å². The lowest BCUT2D eigenvalue weighted by Gasteiger charge is -2.19. The molecule has 0 fully saturated rings. The molecule has 7 nitrogen and oxygen atoms in total. The van der Waals surface area contributed by atoms with E-state index in [1.807, 2.05) is 24.3 Å². The first kappa shape index (κ1) is 12.9. The topological polar surface area (TPSA) is 102 Å². The summed E-state index contributed by atoms with van der Waals surface area (Å²) in [5, 5.41) is 4.24. The lowest BCUT2D eigenvalue weighted by Crippen LogP contribution is -2.27. The molecule has 1 aromatic carbocycles. The Balaban J connectivity index is 2.34. The highest BCUT2D eigenvalue weighted by Gasteiger charge is 2.11. The van der Waals surface area contributed by atoms with Crippen molar-refractivity contribution in [2.24, 2.45) is 5.84 Å². The van der Waals surface area contributed by atoms with Crippen LogP contribution in [0.2, 0.25) is 0 Å². The number of rotatable bonds is 4. The number of hydrogen-bond acceptors (Lipinski definition) is 7. The summed E-state index contributed by atoms with van der Waals surface area (Å²) in [5.74, 6) is 7.67. The number of nitrogens with one attached hydrogen (secondary N) is 1. The number of methoxy groups -OCH3 is 1. The summed E-state index contributed by atoms with van der Waals surface area (Å²) in [6.07, 6.45) is 1.51. The molecule has 5 N–H and O–H groups in total. The molecule has 0 bridgehead atoms. The molecule has 7 heteroatoms. The first-order valence-corrected chi connectivity index (χ1v) is 5.65. The Morgan fingerprint density at radius 1 is 1.26 bits per heavy atom. The second kappa shape index (κ2) is 5.40. The summed E-state index contributed by atoms with van der Waals surface area (Å²) in [5.41, 5.74) is 6.98. The van der Waals surface area contributed by atoms with E-state index < -0.39 is 0 Å². The Hall–Kier alpha value is -2.54. The van der Waals surface area contributed by atoms with E-state index >= 15 is 0 Å². The molecular formula is C12H16N6O. The van der Waals surface area contributed by atoms with Gasteiger partial charge in [0.2, 0.25) is 5.95 Å². The zero-order valence-corrected chi connectivity index (χ0v) is 10.8. The Morgan fingerprint density at radius 2 is 1.95 bits per heavy atom. The fourth-order valence-electron chi connectivity index (χ4n) is 1.56. The van der Waals surface area contributed by atoms with Gasteiger partial charge in [0.15, 0.2) is 5.82 Å². The molecular weight excluding hydrogens is 244 g/mol. The molecule has 0 saturated carbocycles. The van der Waals surface area contributed by atoms with Gasteiger partial charge in [0.1, 0.15) is 5.75 Å². The van der Waals surface area contributed by atoms with Gasteiger partial charge in [-0.3, -0.25) is 5.01 Å². The van der Waals surface area contributed by atoms with Crippen LogP contribution in [0.4, 0.5) is 23.1 Å². The third-order valence-electron chi connectivity index (χ3n) is 2.60. The van der Waals surface area contributed by atoms with Crippen LogP contribution < -0.4 is 26.6 Å². The van der Waals surface area contributed by atoms with Gasteiger partial charge < -0.3 is 15.8 Å². The van der Waals surface area contributed by atoms with Gasteiger partial charge in [0.05, 0.1) is 24.7 Å². The van der Waals surface area contributed by atoms with Crippen LogP contribution in [0.25, 0.3) is 0 Å². The Morgan fingerprint density at radius 3 is 2.53 bits per heavy atom. The molecule has 0 aliphatic carbocycles. The number of hydrogen-bond donors (Lipinski definition) is 3. The van der Waals surface area contributed by atoms with Gasteiger partial charge >= 0.3 is 0 Å². The van der Waals surface area contributed by atoms with Crippen LogP contribution in [0.5, 0.6) is 5.75 Å². The second-order valence-electron chi connectivity index (χ2n) is 3.79. The van der Waals surface area contributed by atoms with E-state index in [-0.39, 0.29) is 0 Å². The molecule has 0 atom stereocenters. The van der Waals surface area contributed by atoms with E-state index in [2.05, 4.69) is 15.3 Å². The van der Waals surface area contributed by atoms with Crippen molar-refractivity contribution < 1.29 is 4.74 Å². The van der Waals surface area contributed by atoms with Gasteiger partial charge in [0, 0.05) is 7.05 Å². The lowest BCUT2D eigenvalue weighted by molar-refractivity contribution is 0.415. The highest BCUT2D eigenvalue weighted by atomic mass is 16.5. The van der Waals surface area contributed by atoms with Gasteiger partial charge in [-0.2, -0.15) is 4.98 Å². The number of benzene rings is 1. The molecule has 1 aromatic heterocycles. The molecule has 19 heavy (non-hydrogen) atoms. The van der Waals surface area contributed by atoms with Gasteiger partial charge in [-0.1, -0.05) is 0 Å². The van der Waals surface area contributed by atoms with Gasteiger partial charge in [-0.15, -0.1) is 0 Å². The fraction of sp³-hybridized carbons (Fsp3) is 0.167. The first-order valence-electron chi connectivity index (χ1n) is 5.65. The maximum absolute atomic E-state index is 6.03. The van der Waals surface area contributed by atoms with Gasteiger partial charge in [-0.05, 0) is 24.3 Å². The molecule has 2 rings (SSSR count). The average molecular weight is 260 g/mol. The van der Waals surface area contributed by atoms with Crippen molar-refractivity contribution in [2.45, 2.75) is 0 Å². The summed E-state index contributed by atoms with van der Waals surface area (Å²) < 4.78 is 5.10. The van der Waals surface area contributed by atoms with Gasteiger partial charge in [-0.25, -0.2) is 10.8 Å². The summed E-state index contributed by atoms with van der Waals surface area (Å²) in [6, 6.07) is 7.26. The Bertz CT molecular complexity index is 557. The molecule has 0 radical (unpaired) electrons. The van der Waals surface area contributed by atoms with Crippen LogP contribution in [0.15, 0.2) is 30.5 Å². The maximum Gasteiger partial charge on any atom is 0.224 e. The summed E-state index contributed by atoms with van der Waals surface area (Å²) in [6.45, 7) is 0. The lowest BCUT2D eigenvalue weighted by atomic mass is 10.3. The van der Waals surface area contributed by atoms with Crippen LogP contribution >= 0.6 is 0 Å². The van der Waals surface area contributed by atoms with Crippen LogP contribution in [-0.2, 0) is 0 Å².